The van der Waals surface area contributed by atoms with Crippen molar-refractivity contribution in [1.29, 1.82) is 0 Å². The first-order chi connectivity index (χ1) is 13.9. The van der Waals surface area contributed by atoms with Crippen molar-refractivity contribution in [3.8, 4) is 0 Å². The van der Waals surface area contributed by atoms with E-state index in [1.807, 2.05) is 0 Å². The zero-order valence-corrected chi connectivity index (χ0v) is 16.8. The third-order valence-corrected chi connectivity index (χ3v) is 6.26. The van der Waals surface area contributed by atoms with Gasteiger partial charge in [-0.15, -0.1) is 0 Å². The van der Waals surface area contributed by atoms with Crippen molar-refractivity contribution in [2.45, 2.75) is 11.4 Å². The summed E-state index contributed by atoms with van der Waals surface area (Å²) in [7, 11) is -3.88. The molecule has 3 aromatic carbocycles. The number of carboxylic acids is 1. The van der Waals surface area contributed by atoms with E-state index in [1.165, 1.54) is 34.6 Å². The molecule has 148 valence electrons. The van der Waals surface area contributed by atoms with Gasteiger partial charge in [-0.05, 0) is 53.6 Å². The van der Waals surface area contributed by atoms with Gasteiger partial charge in [0.05, 0.1) is 17.1 Å². The molecule has 0 radical (unpaired) electrons. The van der Waals surface area contributed by atoms with Crippen LogP contribution in [-0.4, -0.2) is 19.5 Å². The minimum atomic E-state index is -3.88. The van der Waals surface area contributed by atoms with E-state index in [0.717, 1.165) is 6.08 Å². The highest BCUT2D eigenvalue weighted by Gasteiger charge is 2.25. The molecule has 1 N–H and O–H groups in total. The Kier molecular flexibility index (Phi) is 6.36. The molecule has 0 bridgehead atoms. The Morgan fingerprint density at radius 1 is 0.931 bits per heavy atom. The van der Waals surface area contributed by atoms with Crippen molar-refractivity contribution in [3.63, 3.8) is 0 Å². The fraction of sp³-hybridized carbons (Fsp3) is 0.0455. The normalized spacial score (nSPS) is 11.5. The van der Waals surface area contributed by atoms with Crippen molar-refractivity contribution in [3.05, 3.63) is 101 Å². The second-order valence-electron chi connectivity index (χ2n) is 6.17. The highest BCUT2D eigenvalue weighted by atomic mass is 35.5. The van der Waals surface area contributed by atoms with Crippen LogP contribution in [0.4, 0.5) is 5.69 Å². The second-order valence-corrected chi connectivity index (χ2v) is 8.47. The molecule has 0 saturated heterocycles. The van der Waals surface area contributed by atoms with Crippen molar-refractivity contribution in [2.24, 2.45) is 0 Å². The van der Waals surface area contributed by atoms with Crippen LogP contribution in [0.2, 0.25) is 5.02 Å². The molecule has 7 heteroatoms. The lowest BCUT2D eigenvalue weighted by atomic mass is 10.1. The highest BCUT2D eigenvalue weighted by molar-refractivity contribution is 7.92. The first-order valence-electron chi connectivity index (χ1n) is 8.70. The third kappa shape index (κ3) is 5.04. The Bertz CT molecular complexity index is 1130. The number of hydrogen-bond donors (Lipinski definition) is 1. The number of nitrogens with zero attached hydrogens (tertiary/aromatic N) is 1. The third-order valence-electron chi connectivity index (χ3n) is 4.22. The number of aliphatic carboxylic acids is 1. The molecule has 0 fully saturated rings. The van der Waals surface area contributed by atoms with Gasteiger partial charge >= 0.3 is 5.97 Å². The summed E-state index contributed by atoms with van der Waals surface area (Å²) < 4.78 is 28.1. The van der Waals surface area contributed by atoms with E-state index in [1.54, 1.807) is 54.6 Å². The van der Waals surface area contributed by atoms with E-state index in [2.05, 4.69) is 0 Å². The Morgan fingerprint density at radius 2 is 1.55 bits per heavy atom. The highest BCUT2D eigenvalue weighted by Crippen LogP contribution is 2.27. The molecular weight excluding hydrogens is 410 g/mol. The topological polar surface area (TPSA) is 74.7 Å². The average Bonchev–Trinajstić information content (AvgIpc) is 2.72. The number of hydrogen-bond acceptors (Lipinski definition) is 3. The molecular formula is C22H18ClNO4S. The molecule has 0 atom stereocenters. The number of sulfonamides is 1. The minimum Gasteiger partial charge on any atom is -0.478 e. The number of halogens is 1. The zero-order valence-electron chi connectivity index (χ0n) is 15.3. The van der Waals surface area contributed by atoms with Gasteiger partial charge in [0.1, 0.15) is 0 Å². The predicted octanol–water partition coefficient (Wildman–Crippen LogP) is 4.83. The zero-order chi connectivity index (χ0) is 20.9. The van der Waals surface area contributed by atoms with Gasteiger partial charge in [-0.25, -0.2) is 13.2 Å². The van der Waals surface area contributed by atoms with Gasteiger partial charge in [0.2, 0.25) is 0 Å². The number of para-hydroxylation sites is 1. The monoisotopic (exact) mass is 427 g/mol. The average molecular weight is 428 g/mol. The fourth-order valence-electron chi connectivity index (χ4n) is 2.80. The smallest absolute Gasteiger partial charge is 0.328 e. The lowest BCUT2D eigenvalue weighted by molar-refractivity contribution is -0.131. The molecule has 3 aromatic rings. The van der Waals surface area contributed by atoms with Crippen LogP contribution in [-0.2, 0) is 21.4 Å². The molecule has 0 aliphatic heterocycles. The van der Waals surface area contributed by atoms with E-state index in [9.17, 15) is 13.2 Å². The summed E-state index contributed by atoms with van der Waals surface area (Å²) >= 11 is 5.91. The number of carboxylic acid groups (broad SMARTS) is 1. The number of rotatable bonds is 7. The molecule has 0 spiro atoms. The molecule has 5 nitrogen and oxygen atoms in total. The Morgan fingerprint density at radius 3 is 2.21 bits per heavy atom. The number of carbonyl (C=O) groups is 1. The summed E-state index contributed by atoms with van der Waals surface area (Å²) in [4.78, 5) is 11.0. The van der Waals surface area contributed by atoms with Crippen molar-refractivity contribution in [1.82, 2.24) is 0 Å². The van der Waals surface area contributed by atoms with E-state index < -0.39 is 16.0 Å². The summed E-state index contributed by atoms with van der Waals surface area (Å²) in [6.45, 7) is 0.0368. The first-order valence-corrected chi connectivity index (χ1v) is 10.5. The maximum atomic E-state index is 13.4. The van der Waals surface area contributed by atoms with E-state index in [4.69, 9.17) is 16.7 Å². The summed E-state index contributed by atoms with van der Waals surface area (Å²) in [5.74, 6) is -1.08. The maximum Gasteiger partial charge on any atom is 0.328 e. The van der Waals surface area contributed by atoms with Crippen LogP contribution in [0.5, 0.6) is 0 Å². The van der Waals surface area contributed by atoms with Crippen molar-refractivity contribution >= 4 is 39.4 Å². The Balaban J connectivity index is 2.07. The molecule has 0 heterocycles. The van der Waals surface area contributed by atoms with Gasteiger partial charge in [0, 0.05) is 11.1 Å². The van der Waals surface area contributed by atoms with Crippen LogP contribution >= 0.6 is 11.6 Å². The maximum absolute atomic E-state index is 13.4. The Labute approximate surface area is 174 Å². The van der Waals surface area contributed by atoms with Gasteiger partial charge in [-0.1, -0.05) is 54.1 Å². The quantitative estimate of drug-likeness (QED) is 0.548. The number of anilines is 1. The summed E-state index contributed by atoms with van der Waals surface area (Å²) in [5.41, 5.74) is 1.80. The van der Waals surface area contributed by atoms with E-state index in [0.29, 0.717) is 21.8 Å². The van der Waals surface area contributed by atoms with Crippen molar-refractivity contribution in [2.75, 3.05) is 4.31 Å². The van der Waals surface area contributed by atoms with Crippen LogP contribution in [0.3, 0.4) is 0 Å². The van der Waals surface area contributed by atoms with Crippen LogP contribution in [0.25, 0.3) is 6.08 Å². The van der Waals surface area contributed by atoms with Gasteiger partial charge < -0.3 is 5.11 Å². The predicted molar refractivity (Wildman–Crippen MR) is 114 cm³/mol. The van der Waals surface area contributed by atoms with Crippen LogP contribution < -0.4 is 4.31 Å². The molecule has 0 aromatic heterocycles. The van der Waals surface area contributed by atoms with Crippen LogP contribution in [0.15, 0.2) is 89.8 Å². The first kappa shape index (κ1) is 20.6. The lowest BCUT2D eigenvalue weighted by Gasteiger charge is -2.25. The Hall–Kier alpha value is -3.09. The van der Waals surface area contributed by atoms with Crippen LogP contribution in [0.1, 0.15) is 11.1 Å². The van der Waals surface area contributed by atoms with Gasteiger partial charge in [0.25, 0.3) is 10.0 Å². The van der Waals surface area contributed by atoms with Gasteiger partial charge in [-0.2, -0.15) is 0 Å². The van der Waals surface area contributed by atoms with E-state index in [-0.39, 0.29) is 11.4 Å². The van der Waals surface area contributed by atoms with Gasteiger partial charge in [0.15, 0.2) is 0 Å². The second kappa shape index (κ2) is 8.94. The SMILES string of the molecule is O=C(O)/C=C/c1ccccc1CN(c1ccccc1)S(=O)(=O)c1ccc(Cl)cc1. The lowest BCUT2D eigenvalue weighted by Crippen LogP contribution is -2.30. The molecule has 0 amide bonds. The largest absolute Gasteiger partial charge is 0.478 e. The number of benzene rings is 3. The minimum absolute atomic E-state index is 0.0368. The molecule has 29 heavy (non-hydrogen) atoms. The molecule has 0 aliphatic rings. The standard InChI is InChI=1S/C22H18ClNO4S/c23-19-11-13-21(14-12-19)29(27,28)24(20-8-2-1-3-9-20)16-18-7-5-4-6-17(18)10-15-22(25)26/h1-15H,16H2,(H,25,26)/b15-10+. The molecule has 0 aliphatic carbocycles. The van der Waals surface area contributed by atoms with Crippen LogP contribution in [0, 0.1) is 0 Å². The summed E-state index contributed by atoms with van der Waals surface area (Å²) in [5, 5.41) is 9.37. The summed E-state index contributed by atoms with van der Waals surface area (Å²) in [6.07, 6.45) is 2.48. The molecule has 0 unspecified atom stereocenters. The molecule has 3 rings (SSSR count). The summed E-state index contributed by atoms with van der Waals surface area (Å²) in [6, 6.07) is 21.8. The fourth-order valence-corrected chi connectivity index (χ4v) is 4.37. The van der Waals surface area contributed by atoms with Gasteiger partial charge in [-0.3, -0.25) is 4.31 Å². The van der Waals surface area contributed by atoms with E-state index >= 15 is 0 Å². The molecule has 0 saturated carbocycles. The van der Waals surface area contributed by atoms with Crippen molar-refractivity contribution < 1.29 is 18.3 Å².